The topological polar surface area (TPSA) is 99.4 Å². The number of hydrogen-bond donors (Lipinski definition) is 3. The molecule has 1 heterocycles. The van der Waals surface area contributed by atoms with E-state index in [1.165, 1.54) is 36.4 Å². The van der Waals surface area contributed by atoms with Crippen LogP contribution in [0.5, 0.6) is 11.5 Å². The number of phenols is 2. The second-order valence-electron chi connectivity index (χ2n) is 6.27. The zero-order valence-electron chi connectivity index (χ0n) is 16.0. The third kappa shape index (κ3) is 5.02. The maximum absolute atomic E-state index is 13.0. The average molecular weight is 451 g/mol. The zero-order valence-corrected chi connectivity index (χ0v) is 16.8. The summed E-state index contributed by atoms with van der Waals surface area (Å²) in [6.45, 7) is 1.58. The second kappa shape index (κ2) is 8.76. The van der Waals surface area contributed by atoms with Gasteiger partial charge in [-0.1, -0.05) is 23.9 Å². The lowest BCUT2D eigenvalue weighted by molar-refractivity contribution is -0.138. The molecular formula is C21H16F3NO5S. The van der Waals surface area contributed by atoms with Gasteiger partial charge in [0.25, 0.3) is 0 Å². The van der Waals surface area contributed by atoms with Gasteiger partial charge in [-0.3, -0.25) is 0 Å². The molecule has 0 amide bonds. The lowest BCUT2D eigenvalue weighted by atomic mass is 10.1. The van der Waals surface area contributed by atoms with Crippen LogP contribution < -0.4 is 0 Å². The van der Waals surface area contributed by atoms with Gasteiger partial charge < -0.3 is 20.1 Å². The Hall–Kier alpha value is -3.40. The van der Waals surface area contributed by atoms with Crippen molar-refractivity contribution in [3.8, 4) is 11.5 Å². The monoisotopic (exact) mass is 451 g/mol. The number of halogens is 3. The van der Waals surface area contributed by atoms with Gasteiger partial charge in [0.1, 0.15) is 16.4 Å². The van der Waals surface area contributed by atoms with Crippen LogP contribution in [0.25, 0.3) is 6.08 Å². The van der Waals surface area contributed by atoms with E-state index in [-0.39, 0.29) is 39.3 Å². The largest absolute Gasteiger partial charge is 0.506 e. The first-order chi connectivity index (χ1) is 14.6. The Balaban J connectivity index is 2.06. The molecule has 1 aliphatic rings. The molecule has 0 aliphatic carbocycles. The van der Waals surface area contributed by atoms with E-state index in [9.17, 15) is 33.3 Å². The van der Waals surface area contributed by atoms with Crippen LogP contribution in [-0.2, 0) is 15.7 Å². The normalized spacial score (nSPS) is 16.9. The van der Waals surface area contributed by atoms with Crippen molar-refractivity contribution in [2.75, 3.05) is 6.61 Å². The molecule has 6 nitrogen and oxygen atoms in total. The molecule has 10 heteroatoms. The summed E-state index contributed by atoms with van der Waals surface area (Å²) in [5.74, 6) is -2.05. The van der Waals surface area contributed by atoms with Crippen LogP contribution in [0.3, 0.4) is 0 Å². The number of carbonyl (C=O) groups is 1. The Labute approximate surface area is 179 Å². The molecule has 0 saturated heterocycles. The van der Waals surface area contributed by atoms with Crippen LogP contribution in [0.4, 0.5) is 18.9 Å². The predicted molar refractivity (Wildman–Crippen MR) is 110 cm³/mol. The number of aliphatic hydroxyl groups excluding tert-OH is 1. The fourth-order valence-electron chi connectivity index (χ4n) is 2.64. The Morgan fingerprint density at radius 1 is 1.13 bits per heavy atom. The number of aromatic hydroxyl groups is 2. The molecule has 2 aromatic carbocycles. The third-order valence-electron chi connectivity index (χ3n) is 4.07. The molecular weight excluding hydrogens is 435 g/mol. The van der Waals surface area contributed by atoms with Gasteiger partial charge in [-0.05, 0) is 48.9 Å². The summed E-state index contributed by atoms with van der Waals surface area (Å²) in [4.78, 5) is 16.7. The Morgan fingerprint density at radius 2 is 1.87 bits per heavy atom. The highest BCUT2D eigenvalue weighted by molar-refractivity contribution is 8.18. The first-order valence-corrected chi connectivity index (χ1v) is 9.70. The van der Waals surface area contributed by atoms with Crippen LogP contribution in [0.15, 0.2) is 63.7 Å². The van der Waals surface area contributed by atoms with Crippen molar-refractivity contribution < 1.29 is 38.0 Å². The summed E-state index contributed by atoms with van der Waals surface area (Å²) in [6, 6.07) is 8.19. The lowest BCUT2D eigenvalue weighted by Gasteiger charge is -2.07. The smallest absolute Gasteiger partial charge is 0.416 e. The van der Waals surface area contributed by atoms with Crippen LogP contribution in [0.2, 0.25) is 0 Å². The molecule has 31 heavy (non-hydrogen) atoms. The molecule has 0 radical (unpaired) electrons. The van der Waals surface area contributed by atoms with Crippen molar-refractivity contribution in [2.45, 2.75) is 13.1 Å². The number of hydrogen-bond acceptors (Lipinski definition) is 7. The summed E-state index contributed by atoms with van der Waals surface area (Å²) in [7, 11) is 0. The minimum atomic E-state index is -4.56. The highest BCUT2D eigenvalue weighted by Crippen LogP contribution is 2.41. The van der Waals surface area contributed by atoms with Crippen molar-refractivity contribution in [3.05, 3.63) is 69.8 Å². The number of aliphatic hydroxyl groups is 1. The Bertz CT molecular complexity index is 1120. The molecule has 0 bridgehead atoms. The summed E-state index contributed by atoms with van der Waals surface area (Å²) in [6.07, 6.45) is -3.14. The predicted octanol–water partition coefficient (Wildman–Crippen LogP) is 5.31. The van der Waals surface area contributed by atoms with Gasteiger partial charge in [0, 0.05) is 0 Å². The molecule has 162 valence electrons. The van der Waals surface area contributed by atoms with Crippen molar-refractivity contribution >= 4 is 34.5 Å². The number of esters is 1. The van der Waals surface area contributed by atoms with E-state index >= 15 is 0 Å². The van der Waals surface area contributed by atoms with Crippen LogP contribution in [-0.4, -0.2) is 32.9 Å². The molecule has 0 unspecified atom stereocenters. The second-order valence-corrected chi connectivity index (χ2v) is 7.30. The molecule has 1 aliphatic heterocycles. The Kier molecular flexibility index (Phi) is 6.30. The molecule has 0 spiro atoms. The number of benzene rings is 2. The first kappa shape index (κ1) is 22.3. The van der Waals surface area contributed by atoms with Gasteiger partial charge in [0.2, 0.25) is 0 Å². The standard InChI is InChI=1S/C21H16F3NO5S/c1-2-30-20(29)17-18(28)16(9-11-6-7-14(26)15(27)8-11)31-19(17)25-13-5-3-4-12(10-13)21(22,23)24/h3-10,26-28H,2H2,1H3/b16-9+,25-19?. The molecule has 0 atom stereocenters. The SMILES string of the molecule is CCOC(=O)C1=C(O)/C(=C\c2ccc(O)c(O)c2)SC1=Nc1cccc(C(F)(F)F)c1. The van der Waals surface area contributed by atoms with Crippen molar-refractivity contribution in [3.63, 3.8) is 0 Å². The van der Waals surface area contributed by atoms with Crippen molar-refractivity contribution in [1.29, 1.82) is 0 Å². The third-order valence-corrected chi connectivity index (χ3v) is 5.09. The number of nitrogens with zero attached hydrogens (tertiary/aromatic N) is 1. The molecule has 0 aromatic heterocycles. The van der Waals surface area contributed by atoms with Gasteiger partial charge >= 0.3 is 12.1 Å². The van der Waals surface area contributed by atoms with Gasteiger partial charge in [-0.15, -0.1) is 0 Å². The fraction of sp³-hybridized carbons (Fsp3) is 0.143. The van der Waals surface area contributed by atoms with Crippen LogP contribution in [0.1, 0.15) is 18.1 Å². The average Bonchev–Trinajstić information content (AvgIpc) is 2.99. The van der Waals surface area contributed by atoms with E-state index in [1.54, 1.807) is 6.92 Å². The summed E-state index contributed by atoms with van der Waals surface area (Å²) in [5.41, 5.74) is -0.847. The minimum absolute atomic E-state index is 0.0159. The Morgan fingerprint density at radius 3 is 2.52 bits per heavy atom. The summed E-state index contributed by atoms with van der Waals surface area (Å²) >= 11 is 0.855. The van der Waals surface area contributed by atoms with Gasteiger partial charge in [0.05, 0.1) is 22.8 Å². The van der Waals surface area contributed by atoms with Gasteiger partial charge in [0.15, 0.2) is 11.5 Å². The van der Waals surface area contributed by atoms with Crippen LogP contribution in [0, 0.1) is 0 Å². The van der Waals surface area contributed by atoms with E-state index < -0.39 is 23.5 Å². The fourth-order valence-corrected chi connectivity index (χ4v) is 3.68. The molecule has 0 saturated carbocycles. The highest BCUT2D eigenvalue weighted by Gasteiger charge is 2.34. The quantitative estimate of drug-likeness (QED) is 0.430. The van der Waals surface area contributed by atoms with E-state index in [0.717, 1.165) is 23.9 Å². The number of thioether (sulfide) groups is 1. The molecule has 0 fully saturated rings. The first-order valence-electron chi connectivity index (χ1n) is 8.88. The van der Waals surface area contributed by atoms with Gasteiger partial charge in [-0.25, -0.2) is 9.79 Å². The van der Waals surface area contributed by atoms with E-state index in [1.807, 2.05) is 0 Å². The van der Waals surface area contributed by atoms with E-state index in [0.29, 0.717) is 5.56 Å². The number of phenolic OH excluding ortho intramolecular Hbond substituents is 2. The maximum Gasteiger partial charge on any atom is 0.416 e. The highest BCUT2D eigenvalue weighted by atomic mass is 32.2. The lowest BCUT2D eigenvalue weighted by Crippen LogP contribution is -2.13. The van der Waals surface area contributed by atoms with Crippen LogP contribution >= 0.6 is 11.8 Å². The van der Waals surface area contributed by atoms with E-state index in [2.05, 4.69) is 4.99 Å². The van der Waals surface area contributed by atoms with Gasteiger partial charge in [-0.2, -0.15) is 13.2 Å². The number of aliphatic imine (C=N–C) groups is 1. The number of ether oxygens (including phenoxy) is 1. The molecule has 2 aromatic rings. The van der Waals surface area contributed by atoms with Crippen molar-refractivity contribution in [2.24, 2.45) is 4.99 Å². The maximum atomic E-state index is 13.0. The van der Waals surface area contributed by atoms with Crippen molar-refractivity contribution in [1.82, 2.24) is 0 Å². The molecule has 3 N–H and O–H groups in total. The molecule has 3 rings (SSSR count). The minimum Gasteiger partial charge on any atom is -0.506 e. The summed E-state index contributed by atoms with van der Waals surface area (Å²) in [5, 5.41) is 29.6. The number of rotatable bonds is 4. The zero-order chi connectivity index (χ0) is 22.8. The van der Waals surface area contributed by atoms with E-state index in [4.69, 9.17) is 4.74 Å². The number of alkyl halides is 3. The number of carbonyl (C=O) groups excluding carboxylic acids is 1. The summed E-state index contributed by atoms with van der Waals surface area (Å²) < 4.78 is 43.9.